The molecule has 4 nitrogen and oxygen atoms in total. The topological polar surface area (TPSA) is 40.2 Å². The second kappa shape index (κ2) is 8.35. The van der Waals surface area contributed by atoms with E-state index in [0.717, 1.165) is 25.2 Å². The van der Waals surface area contributed by atoms with Crippen LogP contribution < -0.4 is 0 Å². The van der Waals surface area contributed by atoms with E-state index in [4.69, 9.17) is 18.9 Å². The van der Waals surface area contributed by atoms with Crippen LogP contribution in [0.25, 0.3) is 0 Å². The average Bonchev–Trinajstić information content (AvgIpc) is 3.45. The number of hydrogen-bond donors (Lipinski definition) is 0. The molecular formula is C21H30O4. The van der Waals surface area contributed by atoms with Gasteiger partial charge in [0.05, 0.1) is 19.3 Å². The number of hydrogen-bond acceptors (Lipinski definition) is 4. The van der Waals surface area contributed by atoms with Gasteiger partial charge in [0, 0.05) is 6.61 Å². The van der Waals surface area contributed by atoms with E-state index in [1.54, 1.807) is 0 Å². The summed E-state index contributed by atoms with van der Waals surface area (Å²) < 4.78 is 21.9. The number of ether oxygens (including phenoxy) is 4. The van der Waals surface area contributed by atoms with Gasteiger partial charge in [-0.1, -0.05) is 38.2 Å². The van der Waals surface area contributed by atoms with Crippen LogP contribution in [-0.2, 0) is 18.9 Å². The maximum Gasteiger partial charge on any atom is 0.188 e. The van der Waals surface area contributed by atoms with Crippen molar-refractivity contribution in [2.75, 3.05) is 26.6 Å². The molecule has 3 atom stereocenters. The molecule has 2 aliphatic carbocycles. The summed E-state index contributed by atoms with van der Waals surface area (Å²) in [5.74, 6) is 1.37. The Kier molecular flexibility index (Phi) is 6.15. The van der Waals surface area contributed by atoms with Crippen molar-refractivity contribution in [3.8, 4) is 0 Å². The van der Waals surface area contributed by atoms with Crippen molar-refractivity contribution >= 4 is 0 Å². The molecule has 0 aromatic carbocycles. The third kappa shape index (κ3) is 5.06. The van der Waals surface area contributed by atoms with Crippen LogP contribution >= 0.6 is 0 Å². The standard InChI is InChI=1S/C21H30O4/c1-4-22-15-25-19-11-7-17(8-12-19)21(2,3)16-5-9-18(10-6-16)23-13-20-14-24-20/h5-7,9,11-12,17-18,20H,4,8,10,13-15H2,1-3H3. The van der Waals surface area contributed by atoms with E-state index < -0.39 is 0 Å². The molecule has 3 aliphatic rings. The quantitative estimate of drug-likeness (QED) is 0.357. The smallest absolute Gasteiger partial charge is 0.188 e. The van der Waals surface area contributed by atoms with Crippen LogP contribution in [0, 0.1) is 11.3 Å². The van der Waals surface area contributed by atoms with E-state index in [1.807, 2.05) is 6.92 Å². The van der Waals surface area contributed by atoms with Gasteiger partial charge in [0.25, 0.3) is 0 Å². The molecule has 1 aliphatic heterocycles. The molecule has 0 aromatic rings. The van der Waals surface area contributed by atoms with Gasteiger partial charge in [-0.15, -0.1) is 0 Å². The first-order valence-electron chi connectivity index (χ1n) is 9.30. The minimum Gasteiger partial charge on any atom is -0.468 e. The summed E-state index contributed by atoms with van der Waals surface area (Å²) in [6.07, 6.45) is 15.7. The fraction of sp³-hybridized carbons (Fsp3) is 0.619. The van der Waals surface area contributed by atoms with Crippen molar-refractivity contribution < 1.29 is 18.9 Å². The summed E-state index contributed by atoms with van der Waals surface area (Å²) in [6, 6.07) is 0. The Balaban J connectivity index is 1.50. The number of allylic oxidation sites excluding steroid dienone is 5. The van der Waals surface area contributed by atoms with Crippen molar-refractivity contribution in [1.82, 2.24) is 0 Å². The van der Waals surface area contributed by atoms with E-state index >= 15 is 0 Å². The highest BCUT2D eigenvalue weighted by Crippen LogP contribution is 2.42. The first-order valence-corrected chi connectivity index (χ1v) is 9.30. The average molecular weight is 346 g/mol. The van der Waals surface area contributed by atoms with Gasteiger partial charge >= 0.3 is 0 Å². The molecule has 1 fully saturated rings. The van der Waals surface area contributed by atoms with Gasteiger partial charge in [-0.2, -0.15) is 0 Å². The summed E-state index contributed by atoms with van der Waals surface area (Å²) in [6.45, 7) is 9.15. The Morgan fingerprint density at radius 3 is 2.60 bits per heavy atom. The summed E-state index contributed by atoms with van der Waals surface area (Å²) in [7, 11) is 0. The maximum atomic E-state index is 5.87. The molecular weight excluding hydrogens is 316 g/mol. The molecule has 4 heteroatoms. The lowest BCUT2D eigenvalue weighted by atomic mass is 9.69. The molecule has 0 N–H and O–H groups in total. The Labute approximate surface area is 151 Å². The monoisotopic (exact) mass is 346 g/mol. The van der Waals surface area contributed by atoms with Gasteiger partial charge in [0.1, 0.15) is 11.9 Å². The summed E-state index contributed by atoms with van der Waals surface area (Å²) >= 11 is 0. The zero-order chi connectivity index (χ0) is 17.7. The van der Waals surface area contributed by atoms with Crippen molar-refractivity contribution in [3.63, 3.8) is 0 Å². The second-order valence-corrected chi connectivity index (χ2v) is 7.37. The van der Waals surface area contributed by atoms with Crippen LogP contribution in [0.5, 0.6) is 0 Å². The van der Waals surface area contributed by atoms with Crippen LogP contribution in [0.1, 0.15) is 33.6 Å². The molecule has 1 heterocycles. The van der Waals surface area contributed by atoms with Crippen molar-refractivity contribution in [3.05, 3.63) is 47.8 Å². The lowest BCUT2D eigenvalue weighted by molar-refractivity contribution is -0.0144. The Morgan fingerprint density at radius 2 is 2.00 bits per heavy atom. The highest BCUT2D eigenvalue weighted by Gasteiger charge is 2.32. The molecule has 0 radical (unpaired) electrons. The zero-order valence-electron chi connectivity index (χ0n) is 15.6. The first kappa shape index (κ1) is 18.4. The predicted octanol–water partition coefficient (Wildman–Crippen LogP) is 4.15. The van der Waals surface area contributed by atoms with E-state index in [-0.39, 0.29) is 11.5 Å². The lowest BCUT2D eigenvalue weighted by Crippen LogP contribution is -2.27. The van der Waals surface area contributed by atoms with E-state index in [0.29, 0.717) is 32.0 Å². The first-order chi connectivity index (χ1) is 12.1. The molecule has 25 heavy (non-hydrogen) atoms. The number of epoxide rings is 1. The van der Waals surface area contributed by atoms with Crippen LogP contribution in [0.4, 0.5) is 0 Å². The van der Waals surface area contributed by atoms with Gasteiger partial charge in [-0.25, -0.2) is 0 Å². The molecule has 0 saturated carbocycles. The minimum atomic E-state index is 0.0829. The van der Waals surface area contributed by atoms with Crippen molar-refractivity contribution in [2.45, 2.75) is 45.8 Å². The largest absolute Gasteiger partial charge is 0.468 e. The fourth-order valence-electron chi connectivity index (χ4n) is 3.25. The second-order valence-electron chi connectivity index (χ2n) is 7.37. The lowest BCUT2D eigenvalue weighted by Gasteiger charge is -2.36. The van der Waals surface area contributed by atoms with Gasteiger partial charge in [0.15, 0.2) is 6.79 Å². The van der Waals surface area contributed by atoms with Gasteiger partial charge < -0.3 is 18.9 Å². The molecule has 3 unspecified atom stereocenters. The van der Waals surface area contributed by atoms with Crippen LogP contribution in [0.2, 0.25) is 0 Å². The minimum absolute atomic E-state index is 0.0829. The third-order valence-corrected chi connectivity index (χ3v) is 5.21. The maximum absolute atomic E-state index is 5.87. The van der Waals surface area contributed by atoms with Crippen LogP contribution in [0.3, 0.4) is 0 Å². The van der Waals surface area contributed by atoms with Gasteiger partial charge in [0.2, 0.25) is 0 Å². The molecule has 0 spiro atoms. The van der Waals surface area contributed by atoms with Gasteiger partial charge in [-0.05, 0) is 48.8 Å². The highest BCUT2D eigenvalue weighted by molar-refractivity contribution is 5.33. The molecule has 138 valence electrons. The highest BCUT2D eigenvalue weighted by atomic mass is 16.7. The van der Waals surface area contributed by atoms with Crippen molar-refractivity contribution in [1.29, 1.82) is 0 Å². The Morgan fingerprint density at radius 1 is 1.16 bits per heavy atom. The molecule has 1 saturated heterocycles. The van der Waals surface area contributed by atoms with Crippen LogP contribution in [-0.4, -0.2) is 38.8 Å². The van der Waals surface area contributed by atoms with Gasteiger partial charge in [-0.3, -0.25) is 0 Å². The molecule has 0 amide bonds. The molecule has 3 rings (SSSR count). The number of rotatable bonds is 9. The van der Waals surface area contributed by atoms with E-state index in [9.17, 15) is 0 Å². The van der Waals surface area contributed by atoms with Crippen LogP contribution in [0.15, 0.2) is 47.8 Å². The SMILES string of the molecule is CCOCOC1=CCC(C(C)(C)C2=CCC(OCC3CO3)C=C2)C=C1. The van der Waals surface area contributed by atoms with Crippen molar-refractivity contribution in [2.24, 2.45) is 11.3 Å². The van der Waals surface area contributed by atoms with E-state index in [1.165, 1.54) is 5.57 Å². The molecule has 0 aromatic heterocycles. The van der Waals surface area contributed by atoms with E-state index in [2.05, 4.69) is 50.3 Å². The summed E-state index contributed by atoms with van der Waals surface area (Å²) in [5.41, 5.74) is 1.47. The third-order valence-electron chi connectivity index (χ3n) is 5.21. The fourth-order valence-corrected chi connectivity index (χ4v) is 3.25. The molecule has 0 bridgehead atoms. The Bertz CT molecular complexity index is 566. The Hall–Kier alpha value is -1.36. The zero-order valence-corrected chi connectivity index (χ0v) is 15.6. The predicted molar refractivity (Wildman–Crippen MR) is 98.0 cm³/mol. The summed E-state index contributed by atoms with van der Waals surface area (Å²) in [5, 5.41) is 0. The normalized spacial score (nSPS) is 28.5. The summed E-state index contributed by atoms with van der Waals surface area (Å²) in [4.78, 5) is 0.